The van der Waals surface area contributed by atoms with E-state index in [0.717, 1.165) is 5.56 Å². The average molecular weight is 356 g/mol. The van der Waals surface area contributed by atoms with E-state index in [4.69, 9.17) is 34.8 Å². The van der Waals surface area contributed by atoms with Crippen LogP contribution in [0, 0.1) is 0 Å². The number of halogens is 3. The summed E-state index contributed by atoms with van der Waals surface area (Å²) in [6.45, 7) is 6.55. The summed E-state index contributed by atoms with van der Waals surface area (Å²) in [6, 6.07) is 11.5. The maximum Gasteiger partial charge on any atom is 0.0935 e. The molecule has 2 aromatic rings. The number of rotatable bonds is 3. The number of hydrogen-bond donors (Lipinski definition) is 1. The highest BCUT2D eigenvalue weighted by atomic mass is 35.5. The minimum absolute atomic E-state index is 0.137. The summed E-state index contributed by atoms with van der Waals surface area (Å²) >= 11 is 18.0. The topological polar surface area (TPSA) is 24.4 Å². The zero-order valence-corrected chi connectivity index (χ0v) is 14.9. The molecule has 116 valence electrons. The first kappa shape index (κ1) is 17.1. The van der Waals surface area contributed by atoms with Gasteiger partial charge < -0.3 is 0 Å². The predicted molar refractivity (Wildman–Crippen MR) is 97.8 cm³/mol. The molecule has 0 aliphatic rings. The van der Waals surface area contributed by atoms with E-state index >= 15 is 0 Å². The molecule has 2 nitrogen and oxygen atoms in total. The fourth-order valence-electron chi connectivity index (χ4n) is 1.89. The maximum absolute atomic E-state index is 6.08. The van der Waals surface area contributed by atoms with Crippen LogP contribution in [0.3, 0.4) is 0 Å². The van der Waals surface area contributed by atoms with Gasteiger partial charge >= 0.3 is 0 Å². The van der Waals surface area contributed by atoms with Crippen LogP contribution in [0.1, 0.15) is 31.9 Å². The Morgan fingerprint density at radius 2 is 1.50 bits per heavy atom. The summed E-state index contributed by atoms with van der Waals surface area (Å²) < 4.78 is 0. The first-order chi connectivity index (χ1) is 10.3. The van der Waals surface area contributed by atoms with Crippen LogP contribution in [0.5, 0.6) is 0 Å². The van der Waals surface area contributed by atoms with Crippen LogP contribution < -0.4 is 5.43 Å². The summed E-state index contributed by atoms with van der Waals surface area (Å²) in [5.41, 5.74) is 5.79. The van der Waals surface area contributed by atoms with Crippen molar-refractivity contribution >= 4 is 46.7 Å². The molecule has 0 aliphatic carbocycles. The first-order valence-corrected chi connectivity index (χ1v) is 7.95. The molecule has 5 heteroatoms. The largest absolute Gasteiger partial charge is 0.275 e. The van der Waals surface area contributed by atoms with Crippen molar-refractivity contribution in [3.63, 3.8) is 0 Å². The molecule has 0 aliphatic heterocycles. The molecule has 0 saturated heterocycles. The third kappa shape index (κ3) is 4.39. The lowest BCUT2D eigenvalue weighted by molar-refractivity contribution is 0.590. The third-order valence-corrected chi connectivity index (χ3v) is 3.99. The van der Waals surface area contributed by atoms with Gasteiger partial charge in [-0.2, -0.15) is 5.10 Å². The quantitative estimate of drug-likeness (QED) is 0.500. The third-order valence-electron chi connectivity index (χ3n) is 3.17. The van der Waals surface area contributed by atoms with Crippen LogP contribution in [-0.2, 0) is 5.41 Å². The van der Waals surface area contributed by atoms with E-state index < -0.39 is 0 Å². The Morgan fingerprint density at radius 3 is 2.00 bits per heavy atom. The van der Waals surface area contributed by atoms with E-state index in [1.54, 1.807) is 18.3 Å². The average Bonchev–Trinajstić information content (AvgIpc) is 2.41. The highest BCUT2D eigenvalue weighted by molar-refractivity contribution is 6.41. The molecule has 0 unspecified atom stereocenters. The number of benzene rings is 2. The van der Waals surface area contributed by atoms with E-state index in [0.29, 0.717) is 20.8 Å². The Balaban J connectivity index is 2.10. The second-order valence-electron chi connectivity index (χ2n) is 5.99. The number of nitrogens with one attached hydrogen (secondary N) is 1. The standard InChI is InChI=1S/C17H17Cl3N2/c1-17(2,3)12-6-4-11(5-7-12)10-21-22-16-14(19)8-13(18)9-15(16)20/h4-10,22H,1-3H3/b21-10+. The van der Waals surface area contributed by atoms with Crippen molar-refractivity contribution < 1.29 is 0 Å². The van der Waals surface area contributed by atoms with Gasteiger partial charge in [-0.15, -0.1) is 0 Å². The molecule has 1 N–H and O–H groups in total. The smallest absolute Gasteiger partial charge is 0.0935 e. The molecule has 0 saturated carbocycles. The van der Waals surface area contributed by atoms with Crippen molar-refractivity contribution in [2.24, 2.45) is 5.10 Å². The van der Waals surface area contributed by atoms with Crippen LogP contribution in [0.15, 0.2) is 41.5 Å². The lowest BCUT2D eigenvalue weighted by atomic mass is 9.87. The zero-order valence-electron chi connectivity index (χ0n) is 12.6. The fourth-order valence-corrected chi connectivity index (χ4v) is 2.79. The molecule has 0 radical (unpaired) electrons. The van der Waals surface area contributed by atoms with Gasteiger partial charge in [-0.25, -0.2) is 0 Å². The molecule has 0 spiro atoms. The molecule has 0 fully saturated rings. The molecule has 0 atom stereocenters. The van der Waals surface area contributed by atoms with Gasteiger partial charge in [0.2, 0.25) is 0 Å². The van der Waals surface area contributed by atoms with Crippen molar-refractivity contribution in [2.75, 3.05) is 5.43 Å². The van der Waals surface area contributed by atoms with Gasteiger partial charge in [0.15, 0.2) is 0 Å². The number of hydrogen-bond acceptors (Lipinski definition) is 2. The molecule has 2 aromatic carbocycles. The molecule has 22 heavy (non-hydrogen) atoms. The second kappa shape index (κ2) is 6.91. The minimum Gasteiger partial charge on any atom is -0.275 e. The number of nitrogens with zero attached hydrogens (tertiary/aromatic N) is 1. The van der Waals surface area contributed by atoms with Crippen molar-refractivity contribution in [3.05, 3.63) is 62.6 Å². The van der Waals surface area contributed by atoms with Gasteiger partial charge in [-0.05, 0) is 28.7 Å². The van der Waals surface area contributed by atoms with Crippen LogP contribution >= 0.6 is 34.8 Å². The molecule has 2 rings (SSSR count). The zero-order chi connectivity index (χ0) is 16.3. The Kier molecular flexibility index (Phi) is 5.38. The van der Waals surface area contributed by atoms with Crippen LogP contribution in [-0.4, -0.2) is 6.21 Å². The van der Waals surface area contributed by atoms with Crippen LogP contribution in [0.4, 0.5) is 5.69 Å². The predicted octanol–water partition coefficient (Wildman–Crippen LogP) is 6.39. The highest BCUT2D eigenvalue weighted by Gasteiger charge is 2.12. The first-order valence-electron chi connectivity index (χ1n) is 6.81. The van der Waals surface area contributed by atoms with Gasteiger partial charge in [0, 0.05) is 5.02 Å². The van der Waals surface area contributed by atoms with Crippen LogP contribution in [0.2, 0.25) is 15.1 Å². The summed E-state index contributed by atoms with van der Waals surface area (Å²) in [4.78, 5) is 0. The molecular weight excluding hydrogens is 339 g/mol. The van der Waals surface area contributed by atoms with E-state index in [1.807, 2.05) is 12.1 Å². The normalized spacial score (nSPS) is 11.9. The van der Waals surface area contributed by atoms with E-state index in [9.17, 15) is 0 Å². The minimum atomic E-state index is 0.137. The van der Waals surface area contributed by atoms with Gasteiger partial charge in [0.05, 0.1) is 21.9 Å². The summed E-state index contributed by atoms with van der Waals surface area (Å²) in [6.07, 6.45) is 1.72. The monoisotopic (exact) mass is 354 g/mol. The van der Waals surface area contributed by atoms with E-state index in [1.165, 1.54) is 5.56 Å². The Labute approximate surface area is 146 Å². The molecule has 0 bridgehead atoms. The fraction of sp³-hybridized carbons (Fsp3) is 0.235. The van der Waals surface area contributed by atoms with Gasteiger partial charge in [0.25, 0.3) is 0 Å². The Hall–Kier alpha value is -1.22. The number of anilines is 1. The molecular formula is C17H17Cl3N2. The van der Waals surface area contributed by atoms with Crippen LogP contribution in [0.25, 0.3) is 0 Å². The van der Waals surface area contributed by atoms with Crippen molar-refractivity contribution in [1.82, 2.24) is 0 Å². The van der Waals surface area contributed by atoms with E-state index in [-0.39, 0.29) is 5.41 Å². The maximum atomic E-state index is 6.08. The second-order valence-corrected chi connectivity index (χ2v) is 7.24. The highest BCUT2D eigenvalue weighted by Crippen LogP contribution is 2.33. The van der Waals surface area contributed by atoms with Gasteiger partial charge in [-0.1, -0.05) is 79.8 Å². The van der Waals surface area contributed by atoms with Gasteiger partial charge in [0.1, 0.15) is 0 Å². The number of hydrazone groups is 1. The Morgan fingerprint density at radius 1 is 0.955 bits per heavy atom. The van der Waals surface area contributed by atoms with E-state index in [2.05, 4.69) is 43.4 Å². The van der Waals surface area contributed by atoms with Gasteiger partial charge in [-0.3, -0.25) is 5.43 Å². The SMILES string of the molecule is CC(C)(C)c1ccc(/C=N/Nc2c(Cl)cc(Cl)cc2Cl)cc1. The molecule has 0 amide bonds. The molecule has 0 aromatic heterocycles. The van der Waals surface area contributed by atoms with Crippen molar-refractivity contribution in [1.29, 1.82) is 0 Å². The summed E-state index contributed by atoms with van der Waals surface area (Å²) in [5.74, 6) is 0. The molecule has 0 heterocycles. The Bertz CT molecular complexity index is 663. The van der Waals surface area contributed by atoms with Crippen molar-refractivity contribution in [3.8, 4) is 0 Å². The lowest BCUT2D eigenvalue weighted by Crippen LogP contribution is -2.10. The summed E-state index contributed by atoms with van der Waals surface area (Å²) in [7, 11) is 0. The summed E-state index contributed by atoms with van der Waals surface area (Å²) in [5, 5.41) is 5.51. The lowest BCUT2D eigenvalue weighted by Gasteiger charge is -2.18. The van der Waals surface area contributed by atoms with Crippen molar-refractivity contribution in [2.45, 2.75) is 26.2 Å².